The smallest absolute Gasteiger partial charge is 0.275 e. The van der Waals surface area contributed by atoms with E-state index in [0.717, 1.165) is 5.69 Å². The normalized spacial score (nSPS) is 11.0. The largest absolute Gasteiger partial charge is 0.399 e. The molecule has 0 aliphatic carbocycles. The summed E-state index contributed by atoms with van der Waals surface area (Å²) in [7, 11) is 3.12. The van der Waals surface area contributed by atoms with Crippen molar-refractivity contribution >= 4 is 17.3 Å². The zero-order chi connectivity index (χ0) is 11.3. The number of carbonyl (C=O) groups excluding carboxylic acids is 1. The lowest BCUT2D eigenvalue weighted by atomic mass is 10.2. The van der Waals surface area contributed by atoms with Crippen LogP contribution in [-0.4, -0.2) is 25.8 Å². The lowest BCUT2D eigenvalue weighted by Crippen LogP contribution is -2.31. The monoisotopic (exact) mass is 206 g/mol. The maximum atomic E-state index is 11.7. The number of anilines is 1. The van der Waals surface area contributed by atoms with Crippen LogP contribution in [0.15, 0.2) is 35.5 Å². The van der Waals surface area contributed by atoms with Gasteiger partial charge in [0.2, 0.25) is 0 Å². The highest BCUT2D eigenvalue weighted by atomic mass is 16.6. The number of hydrogen-bond acceptors (Lipinski definition) is 3. The number of rotatable bonds is 3. The van der Waals surface area contributed by atoms with E-state index < -0.39 is 0 Å². The lowest BCUT2D eigenvalue weighted by molar-refractivity contribution is -0.112. The van der Waals surface area contributed by atoms with E-state index in [1.54, 1.807) is 14.0 Å². The standard InChI is InChI=1S/C11H14N2O2/c1-9(12-15-3)11(14)13(2)10-7-5-4-6-8-10/h4-8H,1-3H3. The van der Waals surface area contributed by atoms with E-state index >= 15 is 0 Å². The van der Waals surface area contributed by atoms with Crippen molar-refractivity contribution in [1.29, 1.82) is 0 Å². The Morgan fingerprint density at radius 3 is 2.47 bits per heavy atom. The highest BCUT2D eigenvalue weighted by molar-refractivity contribution is 6.42. The topological polar surface area (TPSA) is 41.9 Å². The minimum absolute atomic E-state index is 0.178. The van der Waals surface area contributed by atoms with Crippen LogP contribution in [0.25, 0.3) is 0 Å². The van der Waals surface area contributed by atoms with Gasteiger partial charge in [-0.1, -0.05) is 23.4 Å². The summed E-state index contributed by atoms with van der Waals surface area (Å²) in [5, 5.41) is 3.60. The van der Waals surface area contributed by atoms with Crippen molar-refractivity contribution in [3.8, 4) is 0 Å². The van der Waals surface area contributed by atoms with Crippen LogP contribution < -0.4 is 4.90 Å². The van der Waals surface area contributed by atoms with Crippen LogP contribution in [0.4, 0.5) is 5.69 Å². The summed E-state index contributed by atoms with van der Waals surface area (Å²) >= 11 is 0. The molecule has 1 aromatic carbocycles. The zero-order valence-corrected chi connectivity index (χ0v) is 9.10. The van der Waals surface area contributed by atoms with Crippen molar-refractivity contribution in [3.05, 3.63) is 30.3 Å². The molecule has 1 rings (SSSR count). The second-order valence-electron chi connectivity index (χ2n) is 3.06. The molecule has 80 valence electrons. The Bertz CT molecular complexity index is 360. The number of amides is 1. The van der Waals surface area contributed by atoms with Crippen molar-refractivity contribution in [2.75, 3.05) is 19.1 Å². The molecule has 0 radical (unpaired) electrons. The van der Waals surface area contributed by atoms with Crippen molar-refractivity contribution in [3.63, 3.8) is 0 Å². The Balaban J connectivity index is 2.82. The van der Waals surface area contributed by atoms with Crippen LogP contribution in [0.3, 0.4) is 0 Å². The van der Waals surface area contributed by atoms with E-state index in [1.165, 1.54) is 12.0 Å². The lowest BCUT2D eigenvalue weighted by Gasteiger charge is -2.16. The van der Waals surface area contributed by atoms with Crippen LogP contribution in [0, 0.1) is 0 Å². The number of benzene rings is 1. The molecular weight excluding hydrogens is 192 g/mol. The molecule has 0 aromatic heterocycles. The van der Waals surface area contributed by atoms with Crippen molar-refractivity contribution in [2.24, 2.45) is 5.16 Å². The molecule has 0 atom stereocenters. The minimum Gasteiger partial charge on any atom is -0.399 e. The highest BCUT2D eigenvalue weighted by Gasteiger charge is 2.13. The van der Waals surface area contributed by atoms with Gasteiger partial charge in [-0.2, -0.15) is 0 Å². The molecule has 0 N–H and O–H groups in total. The van der Waals surface area contributed by atoms with Crippen molar-refractivity contribution in [1.82, 2.24) is 0 Å². The van der Waals surface area contributed by atoms with Gasteiger partial charge in [0, 0.05) is 12.7 Å². The SMILES string of the molecule is CON=C(C)C(=O)N(C)c1ccccc1. The van der Waals surface area contributed by atoms with Crippen LogP contribution >= 0.6 is 0 Å². The number of carbonyl (C=O) groups is 1. The first-order valence-electron chi connectivity index (χ1n) is 4.57. The third-order valence-electron chi connectivity index (χ3n) is 1.99. The fraction of sp³-hybridized carbons (Fsp3) is 0.273. The number of hydrogen-bond donors (Lipinski definition) is 0. The Kier molecular flexibility index (Phi) is 3.85. The van der Waals surface area contributed by atoms with Gasteiger partial charge in [-0.25, -0.2) is 0 Å². The van der Waals surface area contributed by atoms with Crippen molar-refractivity contribution < 1.29 is 9.63 Å². The van der Waals surface area contributed by atoms with Crippen LogP contribution in [0.1, 0.15) is 6.92 Å². The van der Waals surface area contributed by atoms with Gasteiger partial charge in [0.25, 0.3) is 5.91 Å². The quantitative estimate of drug-likeness (QED) is 0.557. The summed E-state index contributed by atoms with van der Waals surface area (Å²) in [6.45, 7) is 1.62. The maximum Gasteiger partial charge on any atom is 0.275 e. The summed E-state index contributed by atoms with van der Waals surface area (Å²) in [6, 6.07) is 9.37. The van der Waals surface area contributed by atoms with E-state index in [4.69, 9.17) is 0 Å². The second kappa shape index (κ2) is 5.14. The van der Waals surface area contributed by atoms with E-state index in [-0.39, 0.29) is 5.91 Å². The van der Waals surface area contributed by atoms with Crippen molar-refractivity contribution in [2.45, 2.75) is 6.92 Å². The molecule has 0 bridgehead atoms. The first-order chi connectivity index (χ1) is 7.16. The number of oxime groups is 1. The number of para-hydroxylation sites is 1. The summed E-state index contributed by atoms with van der Waals surface area (Å²) in [4.78, 5) is 17.8. The Hall–Kier alpha value is -1.84. The molecule has 0 heterocycles. The third-order valence-corrected chi connectivity index (χ3v) is 1.99. The molecule has 0 fully saturated rings. The molecule has 1 amide bonds. The van der Waals surface area contributed by atoms with E-state index in [2.05, 4.69) is 9.99 Å². The van der Waals surface area contributed by atoms with Gasteiger partial charge < -0.3 is 9.74 Å². The summed E-state index contributed by atoms with van der Waals surface area (Å²) in [6.07, 6.45) is 0. The molecule has 4 nitrogen and oxygen atoms in total. The Morgan fingerprint density at radius 1 is 1.33 bits per heavy atom. The summed E-state index contributed by atoms with van der Waals surface area (Å²) in [5.74, 6) is -0.178. The third kappa shape index (κ3) is 2.80. The Labute approximate surface area is 89.1 Å². The molecule has 0 aliphatic rings. The van der Waals surface area contributed by atoms with Crippen LogP contribution in [0.2, 0.25) is 0 Å². The van der Waals surface area contributed by atoms with Gasteiger partial charge in [0.1, 0.15) is 12.8 Å². The zero-order valence-electron chi connectivity index (χ0n) is 9.10. The predicted molar refractivity (Wildman–Crippen MR) is 60.0 cm³/mol. The van der Waals surface area contributed by atoms with Gasteiger partial charge in [-0.3, -0.25) is 4.79 Å². The van der Waals surface area contributed by atoms with Gasteiger partial charge >= 0.3 is 0 Å². The highest BCUT2D eigenvalue weighted by Crippen LogP contribution is 2.11. The predicted octanol–water partition coefficient (Wildman–Crippen LogP) is 1.67. The molecular formula is C11H14N2O2. The van der Waals surface area contributed by atoms with E-state index in [9.17, 15) is 4.79 Å². The molecule has 0 aliphatic heterocycles. The van der Waals surface area contributed by atoms with Gasteiger partial charge in [0.05, 0.1) is 0 Å². The first kappa shape index (κ1) is 11.2. The molecule has 0 saturated carbocycles. The van der Waals surface area contributed by atoms with Gasteiger partial charge in [-0.15, -0.1) is 0 Å². The van der Waals surface area contributed by atoms with E-state index in [0.29, 0.717) is 5.71 Å². The Morgan fingerprint density at radius 2 is 1.93 bits per heavy atom. The van der Waals surface area contributed by atoms with Gasteiger partial charge in [-0.05, 0) is 19.1 Å². The molecule has 0 spiro atoms. The summed E-state index contributed by atoms with van der Waals surface area (Å²) < 4.78 is 0. The molecule has 0 saturated heterocycles. The average Bonchev–Trinajstić information content (AvgIpc) is 2.28. The number of nitrogens with zero attached hydrogens (tertiary/aromatic N) is 2. The molecule has 0 unspecified atom stereocenters. The van der Waals surface area contributed by atoms with E-state index in [1.807, 2.05) is 30.3 Å². The maximum absolute atomic E-state index is 11.7. The first-order valence-corrected chi connectivity index (χ1v) is 4.57. The van der Waals surface area contributed by atoms with Gasteiger partial charge in [0.15, 0.2) is 0 Å². The van der Waals surface area contributed by atoms with Crippen LogP contribution in [0.5, 0.6) is 0 Å². The molecule has 15 heavy (non-hydrogen) atoms. The molecule has 1 aromatic rings. The minimum atomic E-state index is -0.178. The molecule has 4 heteroatoms. The second-order valence-corrected chi connectivity index (χ2v) is 3.06. The van der Waals surface area contributed by atoms with Crippen LogP contribution in [-0.2, 0) is 9.63 Å². The fourth-order valence-electron chi connectivity index (χ4n) is 1.19. The fourth-order valence-corrected chi connectivity index (χ4v) is 1.19. The summed E-state index contributed by atoms with van der Waals surface area (Å²) in [5.41, 5.74) is 1.15. The average molecular weight is 206 g/mol.